The van der Waals surface area contributed by atoms with Crippen molar-refractivity contribution in [1.82, 2.24) is 0 Å². The quantitative estimate of drug-likeness (QED) is 0.371. The summed E-state index contributed by atoms with van der Waals surface area (Å²) < 4.78 is 0. The molecule has 0 aromatic rings. The molecule has 0 spiro atoms. The minimum atomic E-state index is -0.343. The van der Waals surface area contributed by atoms with E-state index in [9.17, 15) is 0 Å². The third kappa shape index (κ3) is 3.68. The maximum Gasteiger partial charge on any atom is 0.0852 e. The van der Waals surface area contributed by atoms with Crippen LogP contribution in [0.5, 0.6) is 0 Å². The van der Waals surface area contributed by atoms with Crippen molar-refractivity contribution in [3.63, 3.8) is 0 Å². The highest BCUT2D eigenvalue weighted by Crippen LogP contribution is 1.71. The predicted octanol–water partition coefficient (Wildman–Crippen LogP) is -1.80. The lowest BCUT2D eigenvalue weighted by Crippen LogP contribution is -2.31. The summed E-state index contributed by atoms with van der Waals surface area (Å²) in [6, 6.07) is -0.343. The van der Waals surface area contributed by atoms with Gasteiger partial charge in [-0.2, -0.15) is 0 Å². The van der Waals surface area contributed by atoms with Crippen molar-refractivity contribution < 1.29 is 9.94 Å². The lowest BCUT2D eigenvalue weighted by molar-refractivity contribution is 0.103. The number of rotatable bonds is 3. The number of hydrogen-bond donors (Lipinski definition) is 3. The zero-order chi connectivity index (χ0) is 5.70. The first kappa shape index (κ1) is 6.84. The van der Waals surface area contributed by atoms with Gasteiger partial charge in [-0.05, 0) is 0 Å². The highest BCUT2D eigenvalue weighted by atomic mass is 16.6. The van der Waals surface area contributed by atoms with E-state index in [4.69, 9.17) is 10.8 Å². The second kappa shape index (κ2) is 4.01. The summed E-state index contributed by atoms with van der Waals surface area (Å²) >= 11 is 0. The summed E-state index contributed by atoms with van der Waals surface area (Å²) in [5, 5.41) is 8.21. The van der Waals surface area contributed by atoms with Gasteiger partial charge in [-0.25, -0.2) is 5.90 Å². The Hall–Kier alpha value is -0.160. The van der Waals surface area contributed by atoms with Crippen molar-refractivity contribution in [1.29, 1.82) is 0 Å². The van der Waals surface area contributed by atoms with E-state index in [1.165, 1.54) is 0 Å². The summed E-state index contributed by atoms with van der Waals surface area (Å²) in [6.07, 6.45) is 0. The molecule has 7 heavy (non-hydrogen) atoms. The Bertz CT molecular complexity index is 41.9. The van der Waals surface area contributed by atoms with Crippen molar-refractivity contribution >= 4 is 0 Å². The summed E-state index contributed by atoms with van der Waals surface area (Å²) in [5.41, 5.74) is 5.13. The fourth-order valence-corrected chi connectivity index (χ4v) is 0.176. The van der Waals surface area contributed by atoms with Gasteiger partial charge in [0, 0.05) is 0 Å². The molecule has 4 heteroatoms. The minimum Gasteiger partial charge on any atom is -0.395 e. The third-order valence-corrected chi connectivity index (χ3v) is 0.545. The molecule has 44 valence electrons. The number of aliphatic hydroxyl groups is 1. The second-order valence-electron chi connectivity index (χ2n) is 1.28. The van der Waals surface area contributed by atoms with Crippen molar-refractivity contribution in [3.8, 4) is 0 Å². The fraction of sp³-hybridized carbons (Fsp3) is 1.00. The molecule has 0 amide bonds. The molecule has 0 aliphatic carbocycles. The molecule has 0 aliphatic heterocycles. The standard InChI is InChI=1S/C3H10N2O2/c4-3(1-6)2-7-5/h3,6H,1-2,4-5H2. The average molecular weight is 106 g/mol. The number of aliphatic hydroxyl groups excluding tert-OH is 1. The monoisotopic (exact) mass is 106 g/mol. The Morgan fingerprint density at radius 1 is 1.71 bits per heavy atom. The van der Waals surface area contributed by atoms with E-state index in [0.29, 0.717) is 0 Å². The van der Waals surface area contributed by atoms with Gasteiger partial charge in [0.1, 0.15) is 0 Å². The zero-order valence-electron chi connectivity index (χ0n) is 4.00. The minimum absolute atomic E-state index is 0.0861. The smallest absolute Gasteiger partial charge is 0.0852 e. The van der Waals surface area contributed by atoms with Crippen LogP contribution in [0.25, 0.3) is 0 Å². The van der Waals surface area contributed by atoms with Crippen molar-refractivity contribution in [2.45, 2.75) is 6.04 Å². The van der Waals surface area contributed by atoms with Gasteiger partial charge in [-0.1, -0.05) is 0 Å². The normalized spacial score (nSPS) is 14.1. The van der Waals surface area contributed by atoms with Crippen LogP contribution in [0.4, 0.5) is 0 Å². The molecule has 0 aliphatic rings. The van der Waals surface area contributed by atoms with Crippen LogP contribution in [-0.2, 0) is 4.84 Å². The van der Waals surface area contributed by atoms with E-state index in [2.05, 4.69) is 10.7 Å². The predicted molar refractivity (Wildman–Crippen MR) is 25.2 cm³/mol. The molecule has 0 bridgehead atoms. The molecule has 0 saturated carbocycles. The Morgan fingerprint density at radius 3 is 2.43 bits per heavy atom. The van der Waals surface area contributed by atoms with E-state index in [-0.39, 0.29) is 19.3 Å². The SMILES string of the molecule is NOCC(N)CO. The Labute approximate surface area is 42.0 Å². The van der Waals surface area contributed by atoms with Gasteiger partial charge >= 0.3 is 0 Å². The summed E-state index contributed by atoms with van der Waals surface area (Å²) in [6.45, 7) is 0.119. The van der Waals surface area contributed by atoms with Gasteiger partial charge < -0.3 is 15.7 Å². The van der Waals surface area contributed by atoms with E-state index >= 15 is 0 Å². The molecule has 0 aromatic carbocycles. The molecular formula is C3H10N2O2. The first-order valence-corrected chi connectivity index (χ1v) is 1.99. The molecule has 0 fully saturated rings. The van der Waals surface area contributed by atoms with Crippen molar-refractivity contribution in [3.05, 3.63) is 0 Å². The van der Waals surface area contributed by atoms with E-state index < -0.39 is 0 Å². The van der Waals surface area contributed by atoms with Gasteiger partial charge in [-0.15, -0.1) is 0 Å². The van der Waals surface area contributed by atoms with Crippen LogP contribution in [0.3, 0.4) is 0 Å². The Morgan fingerprint density at radius 2 is 2.29 bits per heavy atom. The highest BCUT2D eigenvalue weighted by molar-refractivity contribution is 4.53. The first-order chi connectivity index (χ1) is 3.31. The van der Waals surface area contributed by atoms with Crippen LogP contribution in [0.15, 0.2) is 0 Å². The van der Waals surface area contributed by atoms with Crippen LogP contribution in [0, 0.1) is 0 Å². The molecule has 0 aromatic heterocycles. The second-order valence-corrected chi connectivity index (χ2v) is 1.28. The molecule has 1 unspecified atom stereocenters. The van der Waals surface area contributed by atoms with Crippen LogP contribution in [-0.4, -0.2) is 24.4 Å². The van der Waals surface area contributed by atoms with Crippen LogP contribution >= 0.6 is 0 Å². The summed E-state index contributed by atoms with van der Waals surface area (Å²) in [4.78, 5) is 4.11. The van der Waals surface area contributed by atoms with Crippen LogP contribution in [0.2, 0.25) is 0 Å². The largest absolute Gasteiger partial charge is 0.395 e. The summed E-state index contributed by atoms with van der Waals surface area (Å²) in [5.74, 6) is 4.61. The van der Waals surface area contributed by atoms with E-state index in [1.807, 2.05) is 0 Å². The molecule has 1 atom stereocenters. The molecule has 0 radical (unpaired) electrons. The van der Waals surface area contributed by atoms with Gasteiger partial charge in [0.05, 0.1) is 19.3 Å². The van der Waals surface area contributed by atoms with Gasteiger partial charge in [-0.3, -0.25) is 0 Å². The Kier molecular flexibility index (Phi) is 3.92. The maximum atomic E-state index is 8.21. The van der Waals surface area contributed by atoms with Gasteiger partial charge in [0.25, 0.3) is 0 Å². The lowest BCUT2D eigenvalue weighted by Gasteiger charge is -2.02. The first-order valence-electron chi connectivity index (χ1n) is 1.99. The average Bonchev–Trinajstić information content (AvgIpc) is 1.68. The maximum absolute atomic E-state index is 8.21. The molecule has 4 nitrogen and oxygen atoms in total. The molecule has 0 heterocycles. The third-order valence-electron chi connectivity index (χ3n) is 0.545. The van der Waals surface area contributed by atoms with Gasteiger partial charge in [0.2, 0.25) is 0 Å². The summed E-state index contributed by atoms with van der Waals surface area (Å²) in [7, 11) is 0. The molecule has 5 N–H and O–H groups in total. The van der Waals surface area contributed by atoms with Crippen molar-refractivity contribution in [2.75, 3.05) is 13.2 Å². The lowest BCUT2D eigenvalue weighted by atomic mass is 10.4. The van der Waals surface area contributed by atoms with E-state index in [0.717, 1.165) is 0 Å². The number of nitrogens with two attached hydrogens (primary N) is 2. The van der Waals surface area contributed by atoms with Gasteiger partial charge in [0.15, 0.2) is 0 Å². The molecular weight excluding hydrogens is 96.0 g/mol. The Balaban J connectivity index is 2.83. The topological polar surface area (TPSA) is 81.5 Å². The highest BCUT2D eigenvalue weighted by Gasteiger charge is 1.95. The fourth-order valence-electron chi connectivity index (χ4n) is 0.176. The molecule has 0 saturated heterocycles. The zero-order valence-corrected chi connectivity index (χ0v) is 4.00. The van der Waals surface area contributed by atoms with Crippen LogP contribution in [0.1, 0.15) is 0 Å². The molecule has 0 rings (SSSR count). The van der Waals surface area contributed by atoms with E-state index in [1.54, 1.807) is 0 Å². The van der Waals surface area contributed by atoms with Crippen molar-refractivity contribution in [2.24, 2.45) is 11.6 Å². The van der Waals surface area contributed by atoms with Crippen LogP contribution < -0.4 is 11.6 Å². The number of hydrogen-bond acceptors (Lipinski definition) is 4.